The van der Waals surface area contributed by atoms with E-state index < -0.39 is 6.10 Å². The number of fused-ring (bicyclic) bond motifs is 2. The van der Waals surface area contributed by atoms with Gasteiger partial charge in [0.2, 0.25) is 0 Å². The zero-order valence-electron chi connectivity index (χ0n) is 15.9. The summed E-state index contributed by atoms with van der Waals surface area (Å²) in [5.41, 5.74) is 3.19. The normalized spacial score (nSPS) is 20.6. The third-order valence-electron chi connectivity index (χ3n) is 5.64. The first-order chi connectivity index (χ1) is 13.1. The number of imidazole rings is 1. The molecular weight excluding hydrogens is 340 g/mol. The van der Waals surface area contributed by atoms with E-state index in [4.69, 9.17) is 0 Å². The summed E-state index contributed by atoms with van der Waals surface area (Å²) in [6.07, 6.45) is 4.31. The average Bonchev–Trinajstić information content (AvgIpc) is 3.09. The second-order valence-corrected chi connectivity index (χ2v) is 7.96. The van der Waals surface area contributed by atoms with Gasteiger partial charge in [-0.1, -0.05) is 31.2 Å². The Balaban J connectivity index is 1.27. The second kappa shape index (κ2) is 7.82. The Morgan fingerprint density at radius 1 is 1.33 bits per heavy atom. The lowest BCUT2D eigenvalue weighted by atomic mass is 10.00. The van der Waals surface area contributed by atoms with Gasteiger partial charge in [0.15, 0.2) is 0 Å². The highest BCUT2D eigenvalue weighted by molar-refractivity contribution is 5.92. The van der Waals surface area contributed by atoms with E-state index >= 15 is 0 Å². The first kappa shape index (κ1) is 18.2. The lowest BCUT2D eigenvalue weighted by Gasteiger charge is -2.30. The fraction of sp³-hybridized carbons (Fsp3) is 0.524. The number of carbonyl (C=O) groups is 1. The van der Waals surface area contributed by atoms with Crippen LogP contribution in [0.25, 0.3) is 0 Å². The summed E-state index contributed by atoms with van der Waals surface area (Å²) in [6, 6.07) is 8.46. The molecule has 2 N–H and O–H groups in total. The molecule has 0 fully saturated rings. The van der Waals surface area contributed by atoms with Gasteiger partial charge >= 0.3 is 0 Å². The molecule has 2 atom stereocenters. The fourth-order valence-electron chi connectivity index (χ4n) is 4.10. The SMILES string of the molecule is C[C@@H]1CCc2nc(C(=O)NC[C@H](O)CN3CCc4ccccc4C3)cn2C1. The number of aliphatic hydroxyl groups excluding tert-OH is 1. The number of nitrogens with zero attached hydrogens (tertiary/aromatic N) is 3. The van der Waals surface area contributed by atoms with Crippen molar-refractivity contribution >= 4 is 5.91 Å². The molecule has 1 amide bonds. The number of amides is 1. The number of aryl methyl sites for hydroxylation is 1. The van der Waals surface area contributed by atoms with Gasteiger partial charge < -0.3 is 15.0 Å². The van der Waals surface area contributed by atoms with E-state index in [-0.39, 0.29) is 12.5 Å². The summed E-state index contributed by atoms with van der Waals surface area (Å²) < 4.78 is 2.09. The van der Waals surface area contributed by atoms with Gasteiger partial charge in [-0.15, -0.1) is 0 Å². The minimum atomic E-state index is -0.587. The third-order valence-corrected chi connectivity index (χ3v) is 5.64. The molecule has 0 unspecified atom stereocenters. The molecule has 0 radical (unpaired) electrons. The number of carbonyl (C=O) groups excluding carboxylic acids is 1. The maximum atomic E-state index is 12.4. The van der Waals surface area contributed by atoms with Crippen molar-refractivity contribution in [3.05, 3.63) is 53.1 Å². The third kappa shape index (κ3) is 4.22. The van der Waals surface area contributed by atoms with Crippen LogP contribution in [0.3, 0.4) is 0 Å². The number of nitrogens with one attached hydrogen (secondary N) is 1. The van der Waals surface area contributed by atoms with Gasteiger partial charge in [0, 0.05) is 45.3 Å². The molecule has 6 heteroatoms. The summed E-state index contributed by atoms with van der Waals surface area (Å²) in [4.78, 5) is 19.1. The van der Waals surface area contributed by atoms with Crippen LogP contribution in [-0.4, -0.2) is 51.2 Å². The molecule has 4 rings (SSSR count). The average molecular weight is 368 g/mol. The maximum absolute atomic E-state index is 12.4. The molecule has 0 bridgehead atoms. The number of aromatic nitrogens is 2. The molecule has 6 nitrogen and oxygen atoms in total. The van der Waals surface area contributed by atoms with Crippen molar-refractivity contribution in [2.75, 3.05) is 19.6 Å². The van der Waals surface area contributed by atoms with Crippen LogP contribution in [-0.2, 0) is 25.9 Å². The van der Waals surface area contributed by atoms with E-state index in [1.165, 1.54) is 11.1 Å². The monoisotopic (exact) mass is 368 g/mol. The van der Waals surface area contributed by atoms with Crippen molar-refractivity contribution in [1.82, 2.24) is 19.8 Å². The van der Waals surface area contributed by atoms with Gasteiger partial charge in [-0.05, 0) is 29.9 Å². The molecule has 0 spiro atoms. The van der Waals surface area contributed by atoms with Crippen LogP contribution in [0.15, 0.2) is 30.5 Å². The van der Waals surface area contributed by atoms with Crippen molar-refractivity contribution in [3.8, 4) is 0 Å². The molecule has 1 aromatic heterocycles. The first-order valence-electron chi connectivity index (χ1n) is 9.90. The molecule has 27 heavy (non-hydrogen) atoms. The number of β-amino-alcohol motifs (C(OH)–C–C–N with tert-alkyl or cyclic N) is 1. The maximum Gasteiger partial charge on any atom is 0.271 e. The topological polar surface area (TPSA) is 70.4 Å². The van der Waals surface area contributed by atoms with Gasteiger partial charge in [-0.25, -0.2) is 4.98 Å². The van der Waals surface area contributed by atoms with E-state index in [1.807, 2.05) is 6.20 Å². The predicted molar refractivity (Wildman–Crippen MR) is 103 cm³/mol. The quantitative estimate of drug-likeness (QED) is 0.841. The molecule has 3 heterocycles. The Labute approximate surface area is 160 Å². The van der Waals surface area contributed by atoms with Crippen LogP contribution >= 0.6 is 0 Å². The van der Waals surface area contributed by atoms with Crippen LogP contribution in [0, 0.1) is 5.92 Å². The highest BCUT2D eigenvalue weighted by Crippen LogP contribution is 2.20. The van der Waals surface area contributed by atoms with Crippen molar-refractivity contribution in [1.29, 1.82) is 0 Å². The predicted octanol–water partition coefficient (Wildman–Crippen LogP) is 1.61. The van der Waals surface area contributed by atoms with Crippen molar-refractivity contribution in [2.24, 2.45) is 5.92 Å². The molecule has 2 aliphatic heterocycles. The number of aliphatic hydroxyl groups is 1. The van der Waals surface area contributed by atoms with E-state index in [0.717, 1.165) is 44.7 Å². The summed E-state index contributed by atoms with van der Waals surface area (Å²) in [7, 11) is 0. The van der Waals surface area contributed by atoms with E-state index in [9.17, 15) is 9.90 Å². The first-order valence-corrected chi connectivity index (χ1v) is 9.90. The van der Waals surface area contributed by atoms with Gasteiger partial charge in [-0.3, -0.25) is 9.69 Å². The Bertz CT molecular complexity index is 816. The van der Waals surface area contributed by atoms with Gasteiger partial charge in [0.25, 0.3) is 5.91 Å². The summed E-state index contributed by atoms with van der Waals surface area (Å²) in [6.45, 7) is 5.75. The van der Waals surface area contributed by atoms with Crippen LogP contribution in [0.1, 0.15) is 40.8 Å². The Kier molecular flexibility index (Phi) is 5.27. The Morgan fingerprint density at radius 3 is 3.00 bits per heavy atom. The smallest absolute Gasteiger partial charge is 0.271 e. The van der Waals surface area contributed by atoms with Crippen molar-refractivity contribution < 1.29 is 9.90 Å². The summed E-state index contributed by atoms with van der Waals surface area (Å²) in [5.74, 6) is 1.41. The van der Waals surface area contributed by atoms with Crippen LogP contribution < -0.4 is 5.32 Å². The molecule has 1 aromatic carbocycles. The summed E-state index contributed by atoms with van der Waals surface area (Å²) in [5, 5.41) is 13.2. The number of benzene rings is 1. The van der Waals surface area contributed by atoms with E-state index in [0.29, 0.717) is 18.2 Å². The van der Waals surface area contributed by atoms with Crippen LogP contribution in [0.5, 0.6) is 0 Å². The molecular formula is C21H28N4O2. The zero-order valence-corrected chi connectivity index (χ0v) is 15.9. The molecule has 0 saturated carbocycles. The van der Waals surface area contributed by atoms with Crippen molar-refractivity contribution in [2.45, 2.75) is 45.4 Å². The molecule has 0 aliphatic carbocycles. The van der Waals surface area contributed by atoms with Gasteiger partial charge in [-0.2, -0.15) is 0 Å². The fourth-order valence-corrected chi connectivity index (χ4v) is 4.10. The van der Waals surface area contributed by atoms with E-state index in [1.54, 1.807) is 0 Å². The van der Waals surface area contributed by atoms with Crippen molar-refractivity contribution in [3.63, 3.8) is 0 Å². The van der Waals surface area contributed by atoms with Gasteiger partial charge in [0.1, 0.15) is 11.5 Å². The Morgan fingerprint density at radius 2 is 2.15 bits per heavy atom. The molecule has 2 aromatic rings. The number of hydrogen-bond acceptors (Lipinski definition) is 4. The Hall–Kier alpha value is -2.18. The minimum Gasteiger partial charge on any atom is -0.390 e. The van der Waals surface area contributed by atoms with Crippen LogP contribution in [0.4, 0.5) is 0 Å². The molecule has 2 aliphatic rings. The zero-order chi connectivity index (χ0) is 18.8. The van der Waals surface area contributed by atoms with Crippen LogP contribution in [0.2, 0.25) is 0 Å². The lowest BCUT2D eigenvalue weighted by molar-refractivity contribution is 0.0838. The highest BCUT2D eigenvalue weighted by Gasteiger charge is 2.22. The number of hydrogen-bond donors (Lipinski definition) is 2. The largest absolute Gasteiger partial charge is 0.390 e. The minimum absolute atomic E-state index is 0.201. The molecule has 0 saturated heterocycles. The van der Waals surface area contributed by atoms with Gasteiger partial charge in [0.05, 0.1) is 6.10 Å². The molecule has 144 valence electrons. The second-order valence-electron chi connectivity index (χ2n) is 7.96. The highest BCUT2D eigenvalue weighted by atomic mass is 16.3. The number of rotatable bonds is 5. The summed E-state index contributed by atoms with van der Waals surface area (Å²) >= 11 is 0. The standard InChI is InChI=1S/C21H28N4O2/c1-15-6-7-20-23-19(14-25(20)11-15)21(27)22-10-18(26)13-24-9-8-16-4-2-3-5-17(16)12-24/h2-5,14-15,18,26H,6-13H2,1H3,(H,22,27)/t15-,18+/m1/s1. The van der Waals surface area contributed by atoms with E-state index in [2.05, 4.69) is 51.0 Å². The lowest BCUT2D eigenvalue weighted by Crippen LogP contribution is -2.42.